The lowest BCUT2D eigenvalue weighted by Gasteiger charge is -2.13. The number of hydrogen-bond acceptors (Lipinski definition) is 3. The predicted molar refractivity (Wildman–Crippen MR) is 103 cm³/mol. The Bertz CT molecular complexity index is 904. The molecule has 2 aromatic carbocycles. The lowest BCUT2D eigenvalue weighted by atomic mass is 10.1. The number of pyridine rings is 1. The lowest BCUT2D eigenvalue weighted by molar-refractivity contribution is 0.102. The third-order valence-electron chi connectivity index (χ3n) is 3.83. The zero-order valence-corrected chi connectivity index (χ0v) is 14.8. The van der Waals surface area contributed by atoms with Crippen LogP contribution in [0.3, 0.4) is 0 Å². The molecule has 0 aliphatic heterocycles. The van der Waals surface area contributed by atoms with Gasteiger partial charge in [0.15, 0.2) is 0 Å². The van der Waals surface area contributed by atoms with Crippen LogP contribution in [0.1, 0.15) is 21.5 Å². The van der Waals surface area contributed by atoms with E-state index in [4.69, 9.17) is 11.6 Å². The molecule has 0 bridgehead atoms. The van der Waals surface area contributed by atoms with E-state index < -0.39 is 0 Å². The fourth-order valence-corrected chi connectivity index (χ4v) is 2.75. The predicted octanol–water partition coefficient (Wildman–Crippen LogP) is 5.35. The second-order valence-electron chi connectivity index (χ2n) is 5.82. The molecule has 0 radical (unpaired) electrons. The number of carbonyl (C=O) groups is 1. The first kappa shape index (κ1) is 17.0. The van der Waals surface area contributed by atoms with Crippen molar-refractivity contribution in [2.45, 2.75) is 13.8 Å². The summed E-state index contributed by atoms with van der Waals surface area (Å²) in [5, 5.41) is 6.74. The Hall–Kier alpha value is -2.85. The van der Waals surface area contributed by atoms with Crippen molar-refractivity contribution in [3.8, 4) is 0 Å². The van der Waals surface area contributed by atoms with Gasteiger partial charge in [-0.2, -0.15) is 0 Å². The van der Waals surface area contributed by atoms with Crippen molar-refractivity contribution in [2.24, 2.45) is 0 Å². The lowest BCUT2D eigenvalue weighted by Crippen LogP contribution is -2.12. The van der Waals surface area contributed by atoms with Crippen LogP contribution in [0, 0.1) is 13.8 Å². The van der Waals surface area contributed by atoms with Crippen LogP contribution in [-0.2, 0) is 0 Å². The van der Waals surface area contributed by atoms with Gasteiger partial charge in [-0.3, -0.25) is 9.78 Å². The van der Waals surface area contributed by atoms with Gasteiger partial charge >= 0.3 is 0 Å². The highest BCUT2D eigenvalue weighted by atomic mass is 35.5. The Labute approximate surface area is 151 Å². The normalized spacial score (nSPS) is 10.4. The van der Waals surface area contributed by atoms with Crippen molar-refractivity contribution >= 4 is 34.6 Å². The molecule has 0 spiro atoms. The van der Waals surface area contributed by atoms with Crippen molar-refractivity contribution in [3.05, 3.63) is 82.6 Å². The number of anilines is 3. The van der Waals surface area contributed by atoms with E-state index in [9.17, 15) is 4.79 Å². The molecule has 4 nitrogen and oxygen atoms in total. The van der Waals surface area contributed by atoms with Crippen molar-refractivity contribution in [2.75, 3.05) is 10.6 Å². The Balaban J connectivity index is 1.80. The number of rotatable bonds is 4. The minimum Gasteiger partial charge on any atom is -0.354 e. The fourth-order valence-electron chi connectivity index (χ4n) is 2.56. The summed E-state index contributed by atoms with van der Waals surface area (Å²) < 4.78 is 0. The van der Waals surface area contributed by atoms with Crippen molar-refractivity contribution in [1.29, 1.82) is 0 Å². The second-order valence-corrected chi connectivity index (χ2v) is 6.26. The molecule has 0 aliphatic rings. The molecule has 1 heterocycles. The molecule has 0 atom stereocenters. The Kier molecular flexibility index (Phi) is 5.00. The van der Waals surface area contributed by atoms with Gasteiger partial charge in [-0.25, -0.2) is 0 Å². The first-order chi connectivity index (χ1) is 12.0. The van der Waals surface area contributed by atoms with Gasteiger partial charge < -0.3 is 10.6 Å². The van der Waals surface area contributed by atoms with Gasteiger partial charge in [0.25, 0.3) is 5.91 Å². The summed E-state index contributed by atoms with van der Waals surface area (Å²) in [6.45, 7) is 4.08. The van der Waals surface area contributed by atoms with Crippen LogP contribution in [-0.4, -0.2) is 10.9 Å². The number of aromatic nitrogens is 1. The summed E-state index contributed by atoms with van der Waals surface area (Å²) in [6.07, 6.45) is 3.23. The van der Waals surface area contributed by atoms with Crippen molar-refractivity contribution in [1.82, 2.24) is 4.98 Å². The Morgan fingerprint density at radius 3 is 2.40 bits per heavy atom. The van der Waals surface area contributed by atoms with E-state index in [-0.39, 0.29) is 5.91 Å². The molecule has 0 unspecified atom stereocenters. The van der Waals surface area contributed by atoms with E-state index in [0.29, 0.717) is 16.3 Å². The van der Waals surface area contributed by atoms with Crippen LogP contribution in [0.2, 0.25) is 5.02 Å². The first-order valence-electron chi connectivity index (χ1n) is 7.88. The molecule has 25 heavy (non-hydrogen) atoms. The van der Waals surface area contributed by atoms with Crippen molar-refractivity contribution < 1.29 is 4.79 Å². The molecule has 1 amide bonds. The molecule has 126 valence electrons. The van der Waals surface area contributed by atoms with Gasteiger partial charge in [0.1, 0.15) is 0 Å². The quantitative estimate of drug-likeness (QED) is 0.666. The van der Waals surface area contributed by atoms with Gasteiger partial charge in [0.05, 0.1) is 17.4 Å². The van der Waals surface area contributed by atoms with E-state index in [1.165, 1.54) is 6.20 Å². The smallest absolute Gasteiger partial charge is 0.257 e. The second kappa shape index (κ2) is 7.36. The summed E-state index contributed by atoms with van der Waals surface area (Å²) in [4.78, 5) is 16.6. The molecule has 0 saturated carbocycles. The van der Waals surface area contributed by atoms with Crippen LogP contribution >= 0.6 is 11.6 Å². The molecular formula is C20H18ClN3O. The number of aryl methyl sites for hydroxylation is 2. The number of nitrogens with zero attached hydrogens (tertiary/aromatic N) is 1. The molecule has 3 aromatic rings. The highest BCUT2D eigenvalue weighted by molar-refractivity contribution is 6.31. The van der Waals surface area contributed by atoms with Gasteiger partial charge in [0, 0.05) is 22.6 Å². The number of hydrogen-bond donors (Lipinski definition) is 2. The molecule has 2 N–H and O–H groups in total. The fraction of sp³-hybridized carbons (Fsp3) is 0.100. The standard InChI is InChI=1S/C20H18ClN3O/c1-13-5-3-6-14(2)19(13)23-18-9-15(11-22-12-18)20(25)24-17-8-4-7-16(21)10-17/h3-12,23H,1-2H3,(H,24,25). The highest BCUT2D eigenvalue weighted by Gasteiger charge is 2.09. The van der Waals surface area contributed by atoms with Gasteiger partial charge in [0.2, 0.25) is 0 Å². The maximum Gasteiger partial charge on any atom is 0.257 e. The average molecular weight is 352 g/mol. The minimum atomic E-state index is -0.236. The summed E-state index contributed by atoms with van der Waals surface area (Å²) in [7, 11) is 0. The zero-order chi connectivity index (χ0) is 17.8. The summed E-state index contributed by atoms with van der Waals surface area (Å²) in [5.41, 5.74) is 5.16. The summed E-state index contributed by atoms with van der Waals surface area (Å²) in [6, 6.07) is 14.9. The topological polar surface area (TPSA) is 54.0 Å². The maximum absolute atomic E-state index is 12.4. The number of para-hydroxylation sites is 1. The summed E-state index contributed by atoms with van der Waals surface area (Å²) in [5.74, 6) is -0.236. The van der Waals surface area contributed by atoms with Crippen LogP contribution < -0.4 is 10.6 Å². The Morgan fingerprint density at radius 2 is 1.68 bits per heavy atom. The number of nitrogens with one attached hydrogen (secondary N) is 2. The van der Waals surface area contributed by atoms with Crippen LogP contribution in [0.25, 0.3) is 0 Å². The third kappa shape index (κ3) is 4.17. The SMILES string of the molecule is Cc1cccc(C)c1Nc1cncc(C(=O)Nc2cccc(Cl)c2)c1. The number of halogens is 1. The molecule has 5 heteroatoms. The van der Waals surface area contributed by atoms with E-state index in [0.717, 1.165) is 22.5 Å². The van der Waals surface area contributed by atoms with Crippen LogP contribution in [0.15, 0.2) is 60.9 Å². The van der Waals surface area contributed by atoms with E-state index >= 15 is 0 Å². The minimum absolute atomic E-state index is 0.236. The average Bonchev–Trinajstić information content (AvgIpc) is 2.58. The molecule has 0 aliphatic carbocycles. The molecule has 3 rings (SSSR count). The number of amides is 1. The number of carbonyl (C=O) groups excluding carboxylic acids is 1. The first-order valence-corrected chi connectivity index (χ1v) is 8.26. The monoisotopic (exact) mass is 351 g/mol. The molecular weight excluding hydrogens is 334 g/mol. The van der Waals surface area contributed by atoms with E-state index in [2.05, 4.69) is 15.6 Å². The van der Waals surface area contributed by atoms with Crippen LogP contribution in [0.4, 0.5) is 17.1 Å². The number of benzene rings is 2. The maximum atomic E-state index is 12.4. The molecule has 1 aromatic heterocycles. The zero-order valence-electron chi connectivity index (χ0n) is 14.0. The molecule has 0 saturated heterocycles. The van der Waals surface area contributed by atoms with Crippen molar-refractivity contribution in [3.63, 3.8) is 0 Å². The third-order valence-corrected chi connectivity index (χ3v) is 4.07. The summed E-state index contributed by atoms with van der Waals surface area (Å²) >= 11 is 5.95. The largest absolute Gasteiger partial charge is 0.354 e. The van der Waals surface area contributed by atoms with Gasteiger partial charge in [-0.1, -0.05) is 35.9 Å². The Morgan fingerprint density at radius 1 is 0.960 bits per heavy atom. The van der Waals surface area contributed by atoms with E-state index in [1.54, 1.807) is 36.5 Å². The van der Waals surface area contributed by atoms with Gasteiger partial charge in [-0.05, 0) is 49.2 Å². The van der Waals surface area contributed by atoms with E-state index in [1.807, 2.05) is 32.0 Å². The van der Waals surface area contributed by atoms with Crippen LogP contribution in [0.5, 0.6) is 0 Å². The highest BCUT2D eigenvalue weighted by Crippen LogP contribution is 2.24. The van der Waals surface area contributed by atoms with Gasteiger partial charge in [-0.15, -0.1) is 0 Å². The molecule has 0 fully saturated rings.